The molecule has 0 aromatic rings. The Labute approximate surface area is 319 Å². The minimum atomic E-state index is -0.518. The fourth-order valence-electron chi connectivity index (χ4n) is 11.5. The van der Waals surface area contributed by atoms with Crippen LogP contribution in [-0.4, -0.2) is 81.3 Å². The van der Waals surface area contributed by atoms with Gasteiger partial charge in [0.1, 0.15) is 6.54 Å². The first kappa shape index (κ1) is 37.9. The fourth-order valence-corrected chi connectivity index (χ4v) is 12.4. The van der Waals surface area contributed by atoms with E-state index >= 15 is 0 Å². The van der Waals surface area contributed by atoms with Gasteiger partial charge in [0.25, 0.3) is 11.1 Å². The van der Waals surface area contributed by atoms with Crippen LogP contribution in [0.1, 0.15) is 113 Å². The summed E-state index contributed by atoms with van der Waals surface area (Å²) in [6.07, 6.45) is 17.3. The number of hydrogen-bond acceptors (Lipinski definition) is 7. The predicted octanol–water partition coefficient (Wildman–Crippen LogP) is 8.05. The normalized spacial score (nSPS) is 37.8. The Morgan fingerprint density at radius 2 is 1.60 bits per heavy atom. The van der Waals surface area contributed by atoms with E-state index in [0.717, 1.165) is 92.0 Å². The molecule has 53 heavy (non-hydrogen) atoms. The minimum Gasteiger partial charge on any atom is -0.504 e. The van der Waals surface area contributed by atoms with E-state index in [-0.39, 0.29) is 57.5 Å². The third-order valence-electron chi connectivity index (χ3n) is 15.4. The van der Waals surface area contributed by atoms with Crippen LogP contribution in [0.4, 0.5) is 4.79 Å². The Kier molecular flexibility index (Phi) is 9.38. The van der Waals surface area contributed by atoms with E-state index < -0.39 is 10.7 Å². The molecule has 2 heterocycles. The van der Waals surface area contributed by atoms with Crippen LogP contribution in [0, 0.1) is 33.0 Å². The van der Waals surface area contributed by atoms with Crippen LogP contribution in [-0.2, 0) is 19.2 Å². The van der Waals surface area contributed by atoms with E-state index in [0.29, 0.717) is 42.6 Å². The van der Waals surface area contributed by atoms with E-state index in [1.54, 1.807) is 17.1 Å². The highest BCUT2D eigenvalue weighted by atomic mass is 32.2. The average molecular weight is 744 g/mol. The van der Waals surface area contributed by atoms with Crippen LogP contribution in [0.25, 0.3) is 0 Å². The molecule has 0 spiro atoms. The van der Waals surface area contributed by atoms with Gasteiger partial charge < -0.3 is 14.9 Å². The van der Waals surface area contributed by atoms with Gasteiger partial charge in [0, 0.05) is 42.6 Å². The summed E-state index contributed by atoms with van der Waals surface area (Å²) in [5, 5.41) is 10.1. The Bertz CT molecular complexity index is 1830. The summed E-state index contributed by atoms with van der Waals surface area (Å²) in [6, 6.07) is 0. The van der Waals surface area contributed by atoms with Gasteiger partial charge in [-0.2, -0.15) is 0 Å². The van der Waals surface area contributed by atoms with E-state index in [4.69, 9.17) is 0 Å². The van der Waals surface area contributed by atoms with Gasteiger partial charge in [-0.25, -0.2) is 0 Å². The molecule has 2 aliphatic heterocycles. The number of unbranched alkanes of at least 4 members (excludes halogenated alkanes) is 2. The van der Waals surface area contributed by atoms with Crippen LogP contribution in [0.5, 0.6) is 0 Å². The van der Waals surface area contributed by atoms with Gasteiger partial charge in [0.15, 0.2) is 5.76 Å². The molecular weight excluding hydrogens is 687 g/mol. The molecule has 6 atom stereocenters. The second-order valence-electron chi connectivity index (χ2n) is 18.3. The highest BCUT2D eigenvalue weighted by Crippen LogP contribution is 2.75. The van der Waals surface area contributed by atoms with Crippen molar-refractivity contribution in [3.8, 4) is 0 Å². The molecule has 2 saturated heterocycles. The molecule has 0 radical (unpaired) electrons. The third-order valence-corrected chi connectivity index (χ3v) is 16.3. The maximum atomic E-state index is 14.5. The zero-order chi connectivity index (χ0) is 38.3. The first-order valence-electron chi connectivity index (χ1n) is 19.8. The highest BCUT2D eigenvalue weighted by molar-refractivity contribution is 8.18. The van der Waals surface area contributed by atoms with Crippen LogP contribution < -0.4 is 0 Å². The molecule has 7 aliphatic rings. The Hall–Kier alpha value is -3.40. The van der Waals surface area contributed by atoms with Gasteiger partial charge in [-0.1, -0.05) is 78.2 Å². The number of fused-ring (bicyclic) bond motifs is 7. The second kappa shape index (κ2) is 13.1. The lowest BCUT2D eigenvalue weighted by atomic mass is 9.34. The Morgan fingerprint density at radius 3 is 2.30 bits per heavy atom. The molecule has 3 saturated carbocycles. The number of imide groups is 1. The summed E-state index contributed by atoms with van der Waals surface area (Å²) in [4.78, 5) is 71.3. The molecule has 0 aromatic heterocycles. The van der Waals surface area contributed by atoms with Crippen LogP contribution >= 0.6 is 11.8 Å². The van der Waals surface area contributed by atoms with Gasteiger partial charge in [0.2, 0.25) is 17.6 Å². The molecule has 0 bridgehead atoms. The molecule has 286 valence electrons. The maximum Gasteiger partial charge on any atom is 0.294 e. The van der Waals surface area contributed by atoms with Crippen LogP contribution in [0.2, 0.25) is 0 Å². The highest BCUT2D eigenvalue weighted by Gasteiger charge is 2.67. The summed E-state index contributed by atoms with van der Waals surface area (Å²) in [7, 11) is 0. The van der Waals surface area contributed by atoms with Gasteiger partial charge in [0.05, 0.1) is 4.91 Å². The first-order valence-corrected chi connectivity index (χ1v) is 20.7. The van der Waals surface area contributed by atoms with Crippen LogP contribution in [0.3, 0.4) is 0 Å². The quantitative estimate of drug-likeness (QED) is 0.216. The molecule has 7 rings (SSSR count). The average Bonchev–Trinajstić information content (AvgIpc) is 3.40. The largest absolute Gasteiger partial charge is 0.504 e. The number of aliphatic hydroxyl groups is 1. The standard InChI is InChI=1S/C43H57N3O6S/c1-8-9-10-11-31-36(50)46(38(52)53-31)26-34(48)44-20-22-45(23-21-44)37(51)40(4)15-14-39(3)16-18-42(6)32-13-12-28-27(2)35(49)30(47)24-29(28)41(32,5)17-19-43(42,7)33(39)25-40/h11-13,24,33,49H,8-10,14-23,25-26H2,1-7H3/b31-11-/t33-,39-,40-,41+,42-,43+/m1/s1. The van der Waals surface area contributed by atoms with Crippen molar-refractivity contribution in [3.63, 3.8) is 0 Å². The van der Waals surface area contributed by atoms with Gasteiger partial charge in [-0.15, -0.1) is 0 Å². The summed E-state index contributed by atoms with van der Waals surface area (Å²) in [6.45, 7) is 17.1. The maximum absolute atomic E-state index is 14.5. The lowest BCUT2D eigenvalue weighted by Gasteiger charge is -2.70. The third kappa shape index (κ3) is 5.74. The van der Waals surface area contributed by atoms with E-state index in [9.17, 15) is 29.1 Å². The van der Waals surface area contributed by atoms with Gasteiger partial charge in [-0.05, 0) is 109 Å². The fraction of sp³-hybridized carbons (Fsp3) is 0.651. The monoisotopic (exact) mass is 743 g/mol. The number of carbonyl (C=O) groups excluding carboxylic acids is 5. The van der Waals surface area contributed by atoms with Crippen molar-refractivity contribution in [2.75, 3.05) is 32.7 Å². The smallest absolute Gasteiger partial charge is 0.294 e. The Morgan fingerprint density at radius 1 is 0.925 bits per heavy atom. The zero-order valence-electron chi connectivity index (χ0n) is 32.7. The van der Waals surface area contributed by atoms with Crippen molar-refractivity contribution < 1.29 is 29.1 Å². The topological polar surface area (TPSA) is 115 Å². The number of nitrogens with zero attached hydrogens (tertiary/aromatic N) is 3. The van der Waals surface area contributed by atoms with Crippen molar-refractivity contribution in [1.29, 1.82) is 0 Å². The molecule has 9 nitrogen and oxygen atoms in total. The number of aliphatic hydroxyl groups excluding tert-OH is 1. The number of rotatable bonds is 6. The zero-order valence-corrected chi connectivity index (χ0v) is 33.5. The second-order valence-corrected chi connectivity index (χ2v) is 19.2. The van der Waals surface area contributed by atoms with Crippen molar-refractivity contribution >= 4 is 40.5 Å². The Balaban J connectivity index is 1.05. The number of amides is 4. The SMILES string of the molecule is CCCC/C=C1\SC(=O)N(CC(=O)N2CCN(C(=O)[C@]3(C)CC[C@]4(C)CC[C@]5(C)C6=CC=C7C(=CC(=O)C(O)=C7C)[C@]6(C)CC[C@@]5(C)[C@@H]4C3)CC2)C1=O. The van der Waals surface area contributed by atoms with Crippen LogP contribution in [0.15, 0.2) is 57.3 Å². The number of carbonyl (C=O) groups is 5. The molecule has 10 heteroatoms. The molecular formula is C43H57N3O6S. The van der Waals surface area contributed by atoms with Crippen molar-refractivity contribution in [3.05, 3.63) is 57.3 Å². The number of ketones is 1. The van der Waals surface area contributed by atoms with Crippen molar-refractivity contribution in [2.24, 2.45) is 33.0 Å². The van der Waals surface area contributed by atoms with Crippen molar-refractivity contribution in [2.45, 2.75) is 113 Å². The minimum absolute atomic E-state index is 0.0518. The summed E-state index contributed by atoms with van der Waals surface area (Å²) < 4.78 is 0. The lowest BCUT2D eigenvalue weighted by Crippen LogP contribution is -2.63. The lowest BCUT2D eigenvalue weighted by molar-refractivity contribution is -0.175. The summed E-state index contributed by atoms with van der Waals surface area (Å²) in [5.41, 5.74) is 3.19. The number of hydrogen-bond donors (Lipinski definition) is 1. The number of thioether (sulfide) groups is 1. The molecule has 4 amide bonds. The van der Waals surface area contributed by atoms with E-state index in [1.807, 2.05) is 11.8 Å². The molecule has 5 aliphatic carbocycles. The van der Waals surface area contributed by atoms with Crippen molar-refractivity contribution in [1.82, 2.24) is 14.7 Å². The summed E-state index contributed by atoms with van der Waals surface area (Å²) >= 11 is 0.909. The number of allylic oxidation sites excluding steroid dienone is 8. The van der Waals surface area contributed by atoms with Gasteiger partial charge in [-0.3, -0.25) is 28.9 Å². The molecule has 1 N–H and O–H groups in total. The molecule has 0 aromatic carbocycles. The van der Waals surface area contributed by atoms with E-state index in [1.165, 1.54) is 5.57 Å². The summed E-state index contributed by atoms with van der Waals surface area (Å²) in [5.74, 6) is -0.610. The number of piperazine rings is 1. The first-order chi connectivity index (χ1) is 24.9. The predicted molar refractivity (Wildman–Crippen MR) is 206 cm³/mol. The van der Waals surface area contributed by atoms with E-state index in [2.05, 4.69) is 53.7 Å². The van der Waals surface area contributed by atoms with Gasteiger partial charge >= 0.3 is 0 Å². The molecule has 5 fully saturated rings. The molecule has 0 unspecified atom stereocenters.